The van der Waals surface area contributed by atoms with Crippen LogP contribution in [0, 0.1) is 10.1 Å². The number of rotatable bonds is 10. The third-order valence-electron chi connectivity index (χ3n) is 5.89. The lowest BCUT2D eigenvalue weighted by molar-refractivity contribution is -0.384. The largest absolute Gasteiger partial charge is 0.322 e. The van der Waals surface area contributed by atoms with Gasteiger partial charge in [0.2, 0.25) is 0 Å². The minimum Gasteiger partial charge on any atom is -0.315 e. The molecule has 1 aromatic heterocycles. The van der Waals surface area contributed by atoms with Gasteiger partial charge in [-0.05, 0) is 44.5 Å². The van der Waals surface area contributed by atoms with Crippen LogP contribution in [0.2, 0.25) is 0 Å². The van der Waals surface area contributed by atoms with Crippen molar-refractivity contribution in [3.8, 4) is 0 Å². The second kappa shape index (κ2) is 11.4. The molecule has 0 spiro atoms. The zero-order valence-corrected chi connectivity index (χ0v) is 19.9. The number of hydrogen-bond donors (Lipinski definition) is 1. The number of carbonyl (C=O) groups excluding carboxylic acids is 1. The highest BCUT2D eigenvalue weighted by atomic mass is 16.6. The van der Waals surface area contributed by atoms with Crippen molar-refractivity contribution in [2.45, 2.75) is 59.0 Å². The summed E-state index contributed by atoms with van der Waals surface area (Å²) in [7, 11) is 0. The third kappa shape index (κ3) is 5.59. The molecule has 3 aromatic rings. The Hall–Kier alpha value is -3.75. The van der Waals surface area contributed by atoms with Gasteiger partial charge in [0.1, 0.15) is 5.82 Å². The Morgan fingerprint density at radius 2 is 1.82 bits per heavy atom. The van der Waals surface area contributed by atoms with Gasteiger partial charge in [-0.15, -0.1) is 0 Å². The van der Waals surface area contributed by atoms with Crippen molar-refractivity contribution in [1.29, 1.82) is 0 Å². The van der Waals surface area contributed by atoms with E-state index >= 15 is 0 Å². The highest BCUT2D eigenvalue weighted by molar-refractivity contribution is 5.89. The average molecular weight is 466 g/mol. The molecular formula is C25H31N5O4. The molecule has 0 saturated heterocycles. The monoisotopic (exact) mass is 465 g/mol. The summed E-state index contributed by atoms with van der Waals surface area (Å²) in [6.45, 7) is 6.81. The van der Waals surface area contributed by atoms with Gasteiger partial charge in [0.25, 0.3) is 11.2 Å². The molecule has 1 heterocycles. The number of para-hydroxylation sites is 1. The molecule has 0 aliphatic heterocycles. The molecule has 9 heteroatoms. The molecule has 34 heavy (non-hydrogen) atoms. The fourth-order valence-corrected chi connectivity index (χ4v) is 3.99. The van der Waals surface area contributed by atoms with Gasteiger partial charge in [-0.2, -0.15) is 0 Å². The topological polar surface area (TPSA) is 110 Å². The number of carbonyl (C=O) groups is 1. The predicted molar refractivity (Wildman–Crippen MR) is 133 cm³/mol. The van der Waals surface area contributed by atoms with Gasteiger partial charge in [-0.25, -0.2) is 9.78 Å². The number of unbranched alkanes of at least 4 members (excludes halogenated alkanes) is 3. The van der Waals surface area contributed by atoms with Crippen molar-refractivity contribution in [3.63, 3.8) is 0 Å². The zero-order chi connectivity index (χ0) is 24.7. The molecule has 0 saturated carbocycles. The number of nitro groups is 1. The van der Waals surface area contributed by atoms with Gasteiger partial charge in [-0.3, -0.25) is 19.5 Å². The SMILES string of the molecule is CCCCCCN(C(=O)Nc1ccc([N+](=O)[O-])cc1)C(C)c1nc2ccccc2c(=O)n1CC. The quantitative estimate of drug-likeness (QED) is 0.241. The Morgan fingerprint density at radius 1 is 1.12 bits per heavy atom. The van der Waals surface area contributed by atoms with E-state index in [-0.39, 0.29) is 17.3 Å². The number of amides is 2. The van der Waals surface area contributed by atoms with E-state index in [1.165, 1.54) is 24.3 Å². The van der Waals surface area contributed by atoms with E-state index in [0.29, 0.717) is 35.5 Å². The van der Waals surface area contributed by atoms with E-state index in [0.717, 1.165) is 25.7 Å². The second-order valence-electron chi connectivity index (χ2n) is 8.20. The smallest absolute Gasteiger partial charge is 0.315 e. The lowest BCUT2D eigenvalue weighted by Gasteiger charge is -2.30. The lowest BCUT2D eigenvalue weighted by atomic mass is 10.1. The van der Waals surface area contributed by atoms with E-state index in [1.807, 2.05) is 26.0 Å². The van der Waals surface area contributed by atoms with Crippen molar-refractivity contribution in [2.75, 3.05) is 11.9 Å². The van der Waals surface area contributed by atoms with Crippen molar-refractivity contribution < 1.29 is 9.72 Å². The van der Waals surface area contributed by atoms with Gasteiger partial charge in [-0.1, -0.05) is 38.3 Å². The average Bonchev–Trinajstić information content (AvgIpc) is 2.84. The fourth-order valence-electron chi connectivity index (χ4n) is 3.99. The van der Waals surface area contributed by atoms with Crippen molar-refractivity contribution >= 4 is 28.3 Å². The van der Waals surface area contributed by atoms with Crippen LogP contribution in [0.3, 0.4) is 0 Å². The molecule has 0 aliphatic carbocycles. The number of urea groups is 1. The minimum absolute atomic E-state index is 0.0462. The molecule has 180 valence electrons. The highest BCUT2D eigenvalue weighted by Gasteiger charge is 2.26. The van der Waals surface area contributed by atoms with Crippen molar-refractivity contribution in [1.82, 2.24) is 14.5 Å². The molecule has 1 unspecified atom stereocenters. The maximum Gasteiger partial charge on any atom is 0.322 e. The summed E-state index contributed by atoms with van der Waals surface area (Å²) in [5.74, 6) is 0.528. The van der Waals surface area contributed by atoms with E-state index in [4.69, 9.17) is 4.98 Å². The van der Waals surface area contributed by atoms with Crippen molar-refractivity contribution in [3.05, 3.63) is 74.8 Å². The molecule has 3 rings (SSSR count). The number of nitrogens with zero attached hydrogens (tertiary/aromatic N) is 4. The van der Waals surface area contributed by atoms with Gasteiger partial charge in [0.15, 0.2) is 0 Å². The molecule has 9 nitrogen and oxygen atoms in total. The summed E-state index contributed by atoms with van der Waals surface area (Å²) >= 11 is 0. The van der Waals surface area contributed by atoms with Crippen LogP contribution in [0.5, 0.6) is 0 Å². The Labute approximate surface area is 198 Å². The van der Waals surface area contributed by atoms with Crippen LogP contribution in [-0.2, 0) is 6.54 Å². The Bertz CT molecular complexity index is 1210. The maximum absolute atomic E-state index is 13.3. The summed E-state index contributed by atoms with van der Waals surface area (Å²) in [6.07, 6.45) is 3.94. The second-order valence-corrected chi connectivity index (χ2v) is 8.20. The summed E-state index contributed by atoms with van der Waals surface area (Å²) in [6, 6.07) is 12.1. The number of aromatic nitrogens is 2. The number of benzene rings is 2. The van der Waals surface area contributed by atoms with Crippen LogP contribution < -0.4 is 10.9 Å². The van der Waals surface area contributed by atoms with Crippen LogP contribution >= 0.6 is 0 Å². The first-order valence-electron chi connectivity index (χ1n) is 11.7. The molecule has 2 aromatic carbocycles. The van der Waals surface area contributed by atoms with Gasteiger partial charge in [0, 0.05) is 30.9 Å². The summed E-state index contributed by atoms with van der Waals surface area (Å²) in [5, 5.41) is 14.3. The van der Waals surface area contributed by atoms with Gasteiger partial charge >= 0.3 is 6.03 Å². The first-order chi connectivity index (χ1) is 16.4. The van der Waals surface area contributed by atoms with E-state index < -0.39 is 11.0 Å². The number of fused-ring (bicyclic) bond motifs is 1. The van der Waals surface area contributed by atoms with Gasteiger partial charge < -0.3 is 10.2 Å². The number of anilines is 1. The molecule has 0 radical (unpaired) electrons. The van der Waals surface area contributed by atoms with Crippen LogP contribution in [0.4, 0.5) is 16.2 Å². The van der Waals surface area contributed by atoms with Gasteiger partial charge in [0.05, 0.1) is 21.9 Å². The van der Waals surface area contributed by atoms with Crippen LogP contribution in [0.1, 0.15) is 58.3 Å². The Kier molecular flexibility index (Phi) is 8.34. The molecule has 2 amide bonds. The summed E-state index contributed by atoms with van der Waals surface area (Å²) in [4.78, 5) is 43.3. The van der Waals surface area contributed by atoms with E-state index in [2.05, 4.69) is 12.2 Å². The molecule has 1 atom stereocenters. The Morgan fingerprint density at radius 3 is 2.47 bits per heavy atom. The Balaban J connectivity index is 1.93. The first kappa shape index (κ1) is 24.9. The normalized spacial score (nSPS) is 11.9. The number of nitrogens with one attached hydrogen (secondary N) is 1. The highest BCUT2D eigenvalue weighted by Crippen LogP contribution is 2.23. The van der Waals surface area contributed by atoms with Crippen LogP contribution in [0.15, 0.2) is 53.3 Å². The van der Waals surface area contributed by atoms with Crippen LogP contribution in [-0.4, -0.2) is 32.0 Å². The standard InChI is InChI=1S/C25H31N5O4/c1-4-6-7-10-17-29(25(32)26-19-13-15-20(16-14-19)30(33)34)18(3)23-27-22-12-9-8-11-21(22)24(31)28(23)5-2/h8-9,11-16,18H,4-7,10,17H2,1-3H3,(H,26,32). The molecule has 0 fully saturated rings. The maximum atomic E-state index is 13.3. The summed E-state index contributed by atoms with van der Waals surface area (Å²) in [5.41, 5.74) is 0.883. The van der Waals surface area contributed by atoms with E-state index in [1.54, 1.807) is 21.6 Å². The predicted octanol–water partition coefficient (Wildman–Crippen LogP) is 5.50. The third-order valence-corrected chi connectivity index (χ3v) is 5.89. The molecule has 1 N–H and O–H groups in total. The zero-order valence-electron chi connectivity index (χ0n) is 19.9. The number of nitro benzene ring substituents is 1. The number of hydrogen-bond acceptors (Lipinski definition) is 5. The molecular weight excluding hydrogens is 434 g/mol. The number of non-ortho nitro benzene ring substituents is 1. The molecule has 0 aliphatic rings. The minimum atomic E-state index is -0.483. The molecule has 0 bridgehead atoms. The fraction of sp³-hybridized carbons (Fsp3) is 0.400. The summed E-state index contributed by atoms with van der Waals surface area (Å²) < 4.78 is 1.62. The first-order valence-corrected chi connectivity index (χ1v) is 11.7. The van der Waals surface area contributed by atoms with Crippen LogP contribution in [0.25, 0.3) is 10.9 Å². The van der Waals surface area contributed by atoms with Crippen molar-refractivity contribution in [2.24, 2.45) is 0 Å². The van der Waals surface area contributed by atoms with E-state index in [9.17, 15) is 19.7 Å². The lowest BCUT2D eigenvalue weighted by Crippen LogP contribution is -2.40.